The molecular formula is C28H26FN5O5S. The molecule has 1 aliphatic carbocycles. The molecule has 1 saturated carbocycles. The van der Waals surface area contributed by atoms with Crippen LogP contribution in [0.3, 0.4) is 0 Å². The predicted molar refractivity (Wildman–Crippen MR) is 146 cm³/mol. The molecule has 2 aromatic heterocycles. The van der Waals surface area contributed by atoms with E-state index in [-0.39, 0.29) is 39.9 Å². The van der Waals surface area contributed by atoms with Gasteiger partial charge in [-0.05, 0) is 67.3 Å². The molecule has 0 unspecified atom stereocenters. The smallest absolute Gasteiger partial charge is 0.262 e. The van der Waals surface area contributed by atoms with Crippen molar-refractivity contribution in [2.45, 2.75) is 30.2 Å². The van der Waals surface area contributed by atoms with Crippen LogP contribution in [0.15, 0.2) is 70.7 Å². The maximum Gasteiger partial charge on any atom is 0.262 e. The molecule has 0 bridgehead atoms. The van der Waals surface area contributed by atoms with E-state index < -0.39 is 15.8 Å². The van der Waals surface area contributed by atoms with Gasteiger partial charge in [0.25, 0.3) is 15.6 Å². The molecule has 2 fully saturated rings. The Morgan fingerprint density at radius 2 is 1.82 bits per heavy atom. The number of methoxy groups -OCH3 is 1. The van der Waals surface area contributed by atoms with Crippen LogP contribution in [-0.4, -0.2) is 54.0 Å². The third-order valence-corrected chi connectivity index (χ3v) is 8.71. The Morgan fingerprint density at radius 1 is 1.05 bits per heavy atom. The number of fused-ring (bicyclic) bond motifs is 1. The molecule has 3 heterocycles. The Kier molecular flexibility index (Phi) is 6.49. The topological polar surface area (TPSA) is 123 Å². The molecule has 40 heavy (non-hydrogen) atoms. The number of sulfonamides is 1. The van der Waals surface area contributed by atoms with Crippen molar-refractivity contribution in [1.29, 1.82) is 0 Å². The Balaban J connectivity index is 1.32. The summed E-state index contributed by atoms with van der Waals surface area (Å²) in [6.07, 6.45) is 5.62. The maximum atomic E-state index is 13.5. The van der Waals surface area contributed by atoms with E-state index in [2.05, 4.69) is 14.7 Å². The van der Waals surface area contributed by atoms with E-state index in [1.54, 1.807) is 28.8 Å². The summed E-state index contributed by atoms with van der Waals surface area (Å²) in [6.45, 7) is 1.11. The molecule has 4 aromatic rings. The number of ether oxygens (including phenoxy) is 1. The van der Waals surface area contributed by atoms with Crippen molar-refractivity contribution in [3.8, 4) is 17.0 Å². The predicted octanol–water partition coefficient (Wildman–Crippen LogP) is 3.59. The monoisotopic (exact) mass is 563 g/mol. The largest absolute Gasteiger partial charge is 0.480 e. The molecule has 1 saturated heterocycles. The quantitative estimate of drug-likeness (QED) is 0.365. The number of carbonyl (C=O) groups excluding carboxylic acids is 1. The van der Waals surface area contributed by atoms with Gasteiger partial charge in [0.05, 0.1) is 35.3 Å². The number of nitrogens with zero attached hydrogens (tertiary/aromatic N) is 4. The minimum Gasteiger partial charge on any atom is -0.480 e. The fraction of sp³-hybridized carbons (Fsp3) is 0.286. The Morgan fingerprint density at radius 3 is 2.55 bits per heavy atom. The van der Waals surface area contributed by atoms with Crippen molar-refractivity contribution in [2.75, 3.05) is 24.9 Å². The van der Waals surface area contributed by atoms with Crippen molar-refractivity contribution in [1.82, 2.24) is 19.4 Å². The first-order valence-electron chi connectivity index (χ1n) is 12.9. The summed E-state index contributed by atoms with van der Waals surface area (Å²) < 4.78 is 48.5. The van der Waals surface area contributed by atoms with Crippen molar-refractivity contribution in [3.05, 3.63) is 77.2 Å². The minimum absolute atomic E-state index is 0.0470. The lowest BCUT2D eigenvalue weighted by atomic mass is 10.0. The molecule has 12 heteroatoms. The number of hydrogen-bond acceptors (Lipinski definition) is 7. The second-order valence-corrected chi connectivity index (χ2v) is 11.7. The number of likely N-dealkylation sites (tertiary alicyclic amines) is 1. The fourth-order valence-corrected chi connectivity index (χ4v) is 6.04. The number of aromatic nitrogens is 3. The zero-order chi connectivity index (χ0) is 28.0. The van der Waals surface area contributed by atoms with E-state index in [4.69, 9.17) is 4.74 Å². The van der Waals surface area contributed by atoms with E-state index in [9.17, 15) is 22.4 Å². The number of amides is 1. The van der Waals surface area contributed by atoms with Crippen molar-refractivity contribution in [3.63, 3.8) is 0 Å². The van der Waals surface area contributed by atoms with Crippen LogP contribution in [0.25, 0.3) is 22.0 Å². The first-order valence-corrected chi connectivity index (χ1v) is 14.3. The lowest BCUT2D eigenvalue weighted by Gasteiger charge is -2.17. The number of rotatable bonds is 7. The Bertz CT molecular complexity index is 1790. The highest BCUT2D eigenvalue weighted by atomic mass is 32.2. The molecule has 2 aromatic carbocycles. The normalized spacial score (nSPS) is 17.2. The second kappa shape index (κ2) is 10.0. The van der Waals surface area contributed by atoms with Gasteiger partial charge in [-0.3, -0.25) is 18.9 Å². The van der Waals surface area contributed by atoms with E-state index >= 15 is 0 Å². The van der Waals surface area contributed by atoms with Crippen LogP contribution in [0.4, 0.5) is 10.1 Å². The summed E-state index contributed by atoms with van der Waals surface area (Å²) >= 11 is 0. The molecule has 2 aliphatic rings. The number of carbonyl (C=O) groups is 1. The van der Waals surface area contributed by atoms with Crippen LogP contribution in [-0.2, 0) is 14.8 Å². The molecule has 1 amide bonds. The summed E-state index contributed by atoms with van der Waals surface area (Å²) in [5, 5.41) is 0.399. The van der Waals surface area contributed by atoms with Gasteiger partial charge < -0.3 is 9.64 Å². The van der Waals surface area contributed by atoms with Gasteiger partial charge in [0.15, 0.2) is 0 Å². The summed E-state index contributed by atoms with van der Waals surface area (Å²) in [5.41, 5.74) is 1.55. The van der Waals surface area contributed by atoms with Crippen LogP contribution in [0, 0.1) is 11.7 Å². The average Bonchev–Trinajstić information content (AvgIpc) is 3.69. The first-order chi connectivity index (χ1) is 19.2. The number of nitrogens with one attached hydrogen (secondary N) is 1. The van der Waals surface area contributed by atoms with Crippen molar-refractivity contribution in [2.24, 2.45) is 5.92 Å². The first kappa shape index (κ1) is 25.9. The van der Waals surface area contributed by atoms with Crippen LogP contribution < -0.4 is 15.0 Å². The number of benzene rings is 2. The number of halogens is 1. The van der Waals surface area contributed by atoms with Gasteiger partial charge in [0, 0.05) is 30.8 Å². The number of hydrogen-bond donors (Lipinski definition) is 1. The van der Waals surface area contributed by atoms with Gasteiger partial charge in [-0.15, -0.1) is 0 Å². The second-order valence-electron chi connectivity index (χ2n) is 10.0. The van der Waals surface area contributed by atoms with E-state index in [1.165, 1.54) is 19.6 Å². The van der Waals surface area contributed by atoms with E-state index in [1.807, 2.05) is 4.90 Å². The zero-order valence-corrected chi connectivity index (χ0v) is 22.4. The minimum atomic E-state index is -4.06. The van der Waals surface area contributed by atoms with Crippen LogP contribution in [0.5, 0.6) is 5.88 Å². The highest BCUT2D eigenvalue weighted by Crippen LogP contribution is 2.34. The zero-order valence-electron chi connectivity index (χ0n) is 21.6. The molecule has 0 spiro atoms. The van der Waals surface area contributed by atoms with E-state index in [0.29, 0.717) is 41.5 Å². The van der Waals surface area contributed by atoms with Gasteiger partial charge >= 0.3 is 0 Å². The van der Waals surface area contributed by atoms with Gasteiger partial charge in [-0.1, -0.05) is 6.07 Å². The van der Waals surface area contributed by atoms with Crippen molar-refractivity contribution >= 4 is 32.5 Å². The summed E-state index contributed by atoms with van der Waals surface area (Å²) in [6, 6.07) is 11.0. The maximum absolute atomic E-state index is 13.5. The lowest BCUT2D eigenvalue weighted by Crippen LogP contribution is -2.32. The SMILES string of the molecule is COc1ncc(-c2ccc3ncn([C@@H]4CCN(C(=O)C5CC5)C4)c(=O)c3c2)cc1NS(=O)(=O)c1ccc(F)cc1. The number of pyridine rings is 1. The summed E-state index contributed by atoms with van der Waals surface area (Å²) in [7, 11) is -2.69. The van der Waals surface area contributed by atoms with Gasteiger partial charge in [0.1, 0.15) is 11.5 Å². The molecule has 206 valence electrons. The molecule has 1 N–H and O–H groups in total. The van der Waals surface area contributed by atoms with Gasteiger partial charge in [-0.2, -0.15) is 0 Å². The lowest BCUT2D eigenvalue weighted by molar-refractivity contribution is -0.131. The molecule has 1 atom stereocenters. The third kappa shape index (κ3) is 4.90. The third-order valence-electron chi connectivity index (χ3n) is 7.32. The highest BCUT2D eigenvalue weighted by Gasteiger charge is 2.37. The van der Waals surface area contributed by atoms with Gasteiger partial charge in [-0.25, -0.2) is 22.8 Å². The van der Waals surface area contributed by atoms with Crippen LogP contribution >= 0.6 is 0 Å². The van der Waals surface area contributed by atoms with Crippen LogP contribution in [0.1, 0.15) is 25.3 Å². The Labute approximate surface area is 229 Å². The van der Waals surface area contributed by atoms with Crippen molar-refractivity contribution < 1.29 is 22.3 Å². The standard InChI is InChI=1S/C28H26FN5O5S/c1-39-26-25(32-40(37,38)22-7-5-20(29)6-8-22)13-19(14-30-26)18-4-9-24-23(12-18)28(36)34(16-31-24)21-10-11-33(15-21)27(35)17-2-3-17/h4-9,12-14,16-17,21,32H,2-3,10-11,15H2,1H3/t21-/m1/s1. The number of anilines is 1. The van der Waals surface area contributed by atoms with Crippen LogP contribution in [0.2, 0.25) is 0 Å². The highest BCUT2D eigenvalue weighted by molar-refractivity contribution is 7.92. The average molecular weight is 564 g/mol. The molecule has 10 nitrogen and oxygen atoms in total. The summed E-state index contributed by atoms with van der Waals surface area (Å²) in [4.78, 5) is 36.5. The molecule has 6 rings (SSSR count). The fourth-order valence-electron chi connectivity index (χ4n) is 5.00. The molecular weight excluding hydrogens is 537 g/mol. The summed E-state index contributed by atoms with van der Waals surface area (Å²) in [5.74, 6) is -0.201. The Hall–Kier alpha value is -4.32. The molecule has 1 aliphatic heterocycles. The van der Waals surface area contributed by atoms with Gasteiger partial charge in [0.2, 0.25) is 11.8 Å². The van der Waals surface area contributed by atoms with E-state index in [0.717, 1.165) is 37.1 Å². The molecule has 0 radical (unpaired) electrons.